The van der Waals surface area contributed by atoms with Crippen LogP contribution in [0.1, 0.15) is 74.1 Å². The summed E-state index contributed by atoms with van der Waals surface area (Å²) in [6.07, 6.45) is 12.4. The lowest BCUT2D eigenvalue weighted by Crippen LogP contribution is -2.48. The van der Waals surface area contributed by atoms with E-state index in [1.807, 2.05) is 81.4 Å². The smallest absolute Gasteiger partial charge is 0.258 e. The maximum absolute atomic E-state index is 13.7. The summed E-state index contributed by atoms with van der Waals surface area (Å²) in [6.45, 7) is 11.4. The molecule has 6 fully saturated rings. The van der Waals surface area contributed by atoms with Gasteiger partial charge in [0.25, 0.3) is 11.1 Å². The lowest BCUT2D eigenvalue weighted by atomic mass is 9.86. The molecule has 2 aliphatic carbocycles. The van der Waals surface area contributed by atoms with Crippen LogP contribution >= 0.6 is 0 Å². The van der Waals surface area contributed by atoms with Gasteiger partial charge < -0.3 is 38.6 Å². The molecule has 0 unspecified atom stereocenters. The lowest BCUT2D eigenvalue weighted by Gasteiger charge is -2.39. The third-order valence-electron chi connectivity index (χ3n) is 14.6. The second-order valence-corrected chi connectivity index (χ2v) is 18.2. The number of aliphatic hydroxyl groups is 2. The van der Waals surface area contributed by atoms with Crippen LogP contribution in [0.4, 0.5) is 0 Å². The normalized spacial score (nSPS) is 31.3. The minimum Gasteiger partial charge on any atom is -0.396 e. The molecule has 2 aromatic rings. The molecule has 2 saturated carbocycles. The molecule has 2 amide bonds. The quantitative estimate of drug-likeness (QED) is 0.366. The molecule has 0 radical (unpaired) electrons. The molecule has 10 rings (SSSR count). The number of allylic oxidation sites excluding steroid dienone is 2. The molecule has 4 saturated heterocycles. The number of hydrogen-bond acceptors (Lipinski definition) is 10. The van der Waals surface area contributed by atoms with Crippen molar-refractivity contribution in [3.8, 4) is 0 Å². The Labute approximate surface area is 352 Å². The molecule has 324 valence electrons. The van der Waals surface area contributed by atoms with Crippen molar-refractivity contribution in [1.82, 2.24) is 28.7 Å². The predicted octanol–water partition coefficient (Wildman–Crippen LogP) is 2.23. The van der Waals surface area contributed by atoms with Crippen molar-refractivity contribution >= 4 is 24.0 Å². The Balaban J connectivity index is 0.000000154. The highest BCUT2D eigenvalue weighted by Crippen LogP contribution is 2.52. The van der Waals surface area contributed by atoms with Gasteiger partial charge in [-0.15, -0.1) is 0 Å². The maximum atomic E-state index is 13.7. The van der Waals surface area contributed by atoms with Crippen molar-refractivity contribution in [2.24, 2.45) is 35.5 Å². The number of fused-ring (bicyclic) bond motifs is 8. The molecule has 0 aromatic carbocycles. The number of carbonyl (C=O) groups is 2. The topological polar surface area (TPSA) is 150 Å². The number of aliphatic hydroxyl groups excluding tert-OH is 2. The Morgan fingerprint density at radius 1 is 0.633 bits per heavy atom. The summed E-state index contributed by atoms with van der Waals surface area (Å²) in [6, 6.07) is 7.54. The van der Waals surface area contributed by atoms with E-state index in [0.29, 0.717) is 88.7 Å². The van der Waals surface area contributed by atoms with Crippen molar-refractivity contribution in [3.05, 3.63) is 79.6 Å². The van der Waals surface area contributed by atoms with Crippen LogP contribution in [-0.2, 0) is 32.2 Å². The predicted molar refractivity (Wildman–Crippen MR) is 226 cm³/mol. The highest BCUT2D eigenvalue weighted by Gasteiger charge is 2.58. The third kappa shape index (κ3) is 7.55. The summed E-state index contributed by atoms with van der Waals surface area (Å²) >= 11 is 0. The first-order valence-corrected chi connectivity index (χ1v) is 22.5. The van der Waals surface area contributed by atoms with Crippen LogP contribution in [0, 0.1) is 35.5 Å². The Hall–Kier alpha value is -3.92. The first-order chi connectivity index (χ1) is 29.3. The lowest BCUT2D eigenvalue weighted by molar-refractivity contribution is -0.143. The molecule has 6 aliphatic heterocycles. The first-order valence-electron chi connectivity index (χ1n) is 22.5. The van der Waals surface area contributed by atoms with Crippen LogP contribution in [-0.4, -0.2) is 142 Å². The van der Waals surface area contributed by atoms with Gasteiger partial charge in [-0.05, 0) is 75.6 Å². The Kier molecular flexibility index (Phi) is 12.1. The zero-order chi connectivity index (χ0) is 41.7. The summed E-state index contributed by atoms with van der Waals surface area (Å²) in [4.78, 5) is 62.3. The summed E-state index contributed by atoms with van der Waals surface area (Å²) in [5.74, 6) is 0.588. The molecule has 8 atom stereocenters. The Morgan fingerprint density at radius 2 is 1.02 bits per heavy atom. The Bertz CT molecular complexity index is 1950. The van der Waals surface area contributed by atoms with Gasteiger partial charge in [0.1, 0.15) is 0 Å². The van der Waals surface area contributed by atoms with Crippen LogP contribution in [0.3, 0.4) is 0 Å². The molecule has 2 aromatic heterocycles. The fraction of sp³-hybridized carbons (Fsp3) is 0.652. The molecule has 2 N–H and O–H groups in total. The zero-order valence-electron chi connectivity index (χ0n) is 35.1. The van der Waals surface area contributed by atoms with E-state index in [1.54, 1.807) is 0 Å². The number of carbonyl (C=O) groups excluding carboxylic acids is 2. The van der Waals surface area contributed by atoms with Gasteiger partial charge in [-0.1, -0.05) is 24.3 Å². The molecule has 14 heteroatoms. The number of rotatable bonds is 10. The van der Waals surface area contributed by atoms with Gasteiger partial charge >= 0.3 is 0 Å². The van der Waals surface area contributed by atoms with Gasteiger partial charge in [0.05, 0.1) is 50.3 Å². The monoisotopic (exact) mass is 826 g/mol. The highest BCUT2D eigenvalue weighted by atomic mass is 16.5. The van der Waals surface area contributed by atoms with Crippen LogP contribution in [0.25, 0.3) is 12.2 Å². The maximum Gasteiger partial charge on any atom is 0.258 e. The number of hydrogen-bond donors (Lipinski definition) is 2. The molecule has 14 nitrogen and oxygen atoms in total. The van der Waals surface area contributed by atoms with E-state index in [4.69, 9.17) is 9.47 Å². The van der Waals surface area contributed by atoms with Crippen molar-refractivity contribution in [3.63, 3.8) is 0 Å². The molecule has 4 bridgehead atoms. The number of ether oxygens (including phenoxy) is 2. The molecule has 60 heavy (non-hydrogen) atoms. The minimum absolute atomic E-state index is 0.00262. The molecular formula is C46H62N6O8. The largest absolute Gasteiger partial charge is 0.396 e. The summed E-state index contributed by atoms with van der Waals surface area (Å²) in [5.41, 5.74) is 3.20. The second kappa shape index (κ2) is 17.5. The average molecular weight is 827 g/mol. The SMILES string of the molecule is C/C=C/c1ccc2n(c1=O)C[C@@H]1[C@@H](CO)[C@H](C(=O)N3CCOCC3)[C@H]2N1CC1CC1.C/C=C\c1ccc2n(c1=O)C[C@@H]1[C@@H](CO)[C@H](C(=O)N3CCOCC3)[C@H]2N1CC1CC1. The number of morpholine rings is 2. The summed E-state index contributed by atoms with van der Waals surface area (Å²) in [5, 5.41) is 20.7. The number of nitrogens with zero attached hydrogens (tertiary/aromatic N) is 6. The highest BCUT2D eigenvalue weighted by molar-refractivity contribution is 5.82. The summed E-state index contributed by atoms with van der Waals surface area (Å²) in [7, 11) is 0. The van der Waals surface area contributed by atoms with E-state index < -0.39 is 0 Å². The van der Waals surface area contributed by atoms with Gasteiger partial charge in [-0.3, -0.25) is 29.0 Å². The fourth-order valence-electron chi connectivity index (χ4n) is 11.3. The molecular weight excluding hydrogens is 765 g/mol. The third-order valence-corrected chi connectivity index (χ3v) is 14.6. The number of pyridine rings is 2. The minimum atomic E-state index is -0.322. The summed E-state index contributed by atoms with van der Waals surface area (Å²) < 4.78 is 14.6. The average Bonchev–Trinajstić information content (AvgIpc) is 4.22. The van der Waals surface area contributed by atoms with E-state index in [0.717, 1.165) is 24.5 Å². The van der Waals surface area contributed by atoms with E-state index >= 15 is 0 Å². The molecule has 8 aliphatic rings. The van der Waals surface area contributed by atoms with Crippen molar-refractivity contribution < 1.29 is 29.3 Å². The van der Waals surface area contributed by atoms with E-state index in [1.165, 1.54) is 25.7 Å². The van der Waals surface area contributed by atoms with Crippen LogP contribution in [0.15, 0.2) is 46.0 Å². The number of aromatic nitrogens is 2. The zero-order valence-corrected chi connectivity index (χ0v) is 35.1. The van der Waals surface area contributed by atoms with Gasteiger partial charge in [-0.25, -0.2) is 0 Å². The van der Waals surface area contributed by atoms with Crippen LogP contribution in [0.5, 0.6) is 0 Å². The Morgan fingerprint density at radius 3 is 1.35 bits per heavy atom. The van der Waals surface area contributed by atoms with Crippen molar-refractivity contribution in [2.45, 2.75) is 76.8 Å². The van der Waals surface area contributed by atoms with Crippen LogP contribution < -0.4 is 11.1 Å². The van der Waals surface area contributed by atoms with E-state index in [-0.39, 0.29) is 84.0 Å². The first kappa shape index (κ1) is 41.4. The van der Waals surface area contributed by atoms with Gasteiger partial charge in [-0.2, -0.15) is 0 Å². The van der Waals surface area contributed by atoms with Crippen molar-refractivity contribution in [2.75, 3.05) is 78.9 Å². The van der Waals surface area contributed by atoms with E-state index in [2.05, 4.69) is 9.80 Å². The fourth-order valence-corrected chi connectivity index (χ4v) is 11.3. The second-order valence-electron chi connectivity index (χ2n) is 18.2. The van der Waals surface area contributed by atoms with Crippen molar-refractivity contribution in [1.29, 1.82) is 0 Å². The van der Waals surface area contributed by atoms with Gasteiger partial charge in [0, 0.05) is 112 Å². The van der Waals surface area contributed by atoms with Crippen LogP contribution in [0.2, 0.25) is 0 Å². The van der Waals surface area contributed by atoms with E-state index in [9.17, 15) is 29.4 Å². The standard InChI is InChI=1S/2C23H31N3O4/c2*1-2-3-16-6-7-18-21-20(23(29)24-8-10-30-11-9-24)17(14-27)19(13-26(18)22(16)28)25(21)12-15-4-5-15/h2*2-3,6-7,15,17,19-21,27H,4-5,8-14H2,1H3/b3-2+;3-2-/t2*17-,19-,20+,21+/m11/s1. The molecule has 8 heterocycles. The van der Waals surface area contributed by atoms with Gasteiger partial charge in [0.2, 0.25) is 11.8 Å². The molecule has 0 spiro atoms. The number of amides is 2. The van der Waals surface area contributed by atoms with Gasteiger partial charge in [0.15, 0.2) is 0 Å².